The van der Waals surface area contributed by atoms with Gasteiger partial charge in [0.05, 0.1) is 0 Å². The highest BCUT2D eigenvalue weighted by Crippen LogP contribution is 2.21. The number of aliphatic hydroxyl groups is 1. The molecule has 4 heteroatoms. The third kappa shape index (κ3) is 4.53. The fraction of sp³-hybridized carbons (Fsp3) is 0.368. The van der Waals surface area contributed by atoms with Gasteiger partial charge < -0.3 is 9.84 Å². The molecule has 3 rings (SSSR count). The minimum absolute atomic E-state index is 0.234. The molecule has 2 aromatic carbocycles. The average Bonchev–Trinajstić information content (AvgIpc) is 3.02. The molecule has 0 amide bonds. The van der Waals surface area contributed by atoms with E-state index in [-0.39, 0.29) is 12.4 Å². The topological polar surface area (TPSA) is 32.7 Å². The van der Waals surface area contributed by atoms with Gasteiger partial charge in [-0.1, -0.05) is 24.3 Å². The molecule has 1 saturated heterocycles. The van der Waals surface area contributed by atoms with Crippen LogP contribution in [-0.4, -0.2) is 29.7 Å². The van der Waals surface area contributed by atoms with E-state index in [4.69, 9.17) is 4.74 Å². The number of rotatable bonds is 6. The van der Waals surface area contributed by atoms with Gasteiger partial charge in [-0.05, 0) is 54.3 Å². The van der Waals surface area contributed by atoms with Crippen LogP contribution in [0, 0.1) is 11.7 Å². The number of likely N-dealkylation sites (tertiary alicyclic amines) is 1. The van der Waals surface area contributed by atoms with Crippen LogP contribution in [0.25, 0.3) is 0 Å². The van der Waals surface area contributed by atoms with Crippen LogP contribution in [0.2, 0.25) is 0 Å². The standard InChI is InChI=1S/C19H22FNO2/c20-18-6-4-15(5-7-18)14-23-19-3-1-2-16(10-19)11-21-9-8-17(12-21)13-22/h1-7,10,17,22H,8-9,11-14H2. The maximum absolute atomic E-state index is 12.9. The molecular formula is C19H22FNO2. The van der Waals surface area contributed by atoms with Crippen molar-refractivity contribution < 1.29 is 14.2 Å². The summed E-state index contributed by atoms with van der Waals surface area (Å²) in [4.78, 5) is 2.36. The van der Waals surface area contributed by atoms with E-state index >= 15 is 0 Å². The Hall–Kier alpha value is -1.91. The summed E-state index contributed by atoms with van der Waals surface area (Å²) >= 11 is 0. The lowest BCUT2D eigenvalue weighted by atomic mass is 10.1. The molecule has 1 fully saturated rings. The summed E-state index contributed by atoms with van der Waals surface area (Å²) in [5.41, 5.74) is 2.15. The lowest BCUT2D eigenvalue weighted by Crippen LogP contribution is -2.20. The van der Waals surface area contributed by atoms with Crippen LogP contribution >= 0.6 is 0 Å². The Bertz CT molecular complexity index is 630. The number of ether oxygens (including phenoxy) is 1. The van der Waals surface area contributed by atoms with Crippen LogP contribution in [0.3, 0.4) is 0 Å². The zero-order valence-electron chi connectivity index (χ0n) is 13.1. The third-order valence-corrected chi connectivity index (χ3v) is 4.25. The van der Waals surface area contributed by atoms with E-state index in [9.17, 15) is 9.50 Å². The van der Waals surface area contributed by atoms with Crippen molar-refractivity contribution in [2.24, 2.45) is 5.92 Å². The van der Waals surface area contributed by atoms with Gasteiger partial charge in [0, 0.05) is 19.7 Å². The summed E-state index contributed by atoms with van der Waals surface area (Å²) in [7, 11) is 0. The maximum atomic E-state index is 12.9. The van der Waals surface area contributed by atoms with Crippen molar-refractivity contribution in [1.29, 1.82) is 0 Å². The van der Waals surface area contributed by atoms with Crippen LogP contribution in [0.4, 0.5) is 4.39 Å². The molecule has 1 N–H and O–H groups in total. The number of hydrogen-bond acceptors (Lipinski definition) is 3. The smallest absolute Gasteiger partial charge is 0.123 e. The molecule has 122 valence electrons. The molecule has 0 aliphatic carbocycles. The van der Waals surface area contributed by atoms with E-state index in [0.717, 1.165) is 37.4 Å². The van der Waals surface area contributed by atoms with E-state index < -0.39 is 0 Å². The van der Waals surface area contributed by atoms with E-state index in [1.807, 2.05) is 12.1 Å². The Morgan fingerprint density at radius 2 is 1.96 bits per heavy atom. The summed E-state index contributed by atoms with van der Waals surface area (Å²) < 4.78 is 18.7. The van der Waals surface area contributed by atoms with Crippen LogP contribution in [0.1, 0.15) is 17.5 Å². The van der Waals surface area contributed by atoms with Gasteiger partial charge in [0.15, 0.2) is 0 Å². The lowest BCUT2D eigenvalue weighted by molar-refractivity contribution is 0.220. The maximum Gasteiger partial charge on any atom is 0.123 e. The number of nitrogens with zero attached hydrogens (tertiary/aromatic N) is 1. The Morgan fingerprint density at radius 1 is 1.13 bits per heavy atom. The molecular weight excluding hydrogens is 293 g/mol. The molecule has 1 unspecified atom stereocenters. The van der Waals surface area contributed by atoms with Gasteiger partial charge in [0.25, 0.3) is 0 Å². The van der Waals surface area contributed by atoms with Crippen molar-refractivity contribution in [3.8, 4) is 5.75 Å². The van der Waals surface area contributed by atoms with Crippen molar-refractivity contribution >= 4 is 0 Å². The minimum Gasteiger partial charge on any atom is -0.489 e. The molecule has 3 nitrogen and oxygen atoms in total. The zero-order valence-corrected chi connectivity index (χ0v) is 13.1. The SMILES string of the molecule is OCC1CCN(Cc2cccc(OCc3ccc(F)cc3)c2)C1. The molecule has 0 saturated carbocycles. The fourth-order valence-electron chi connectivity index (χ4n) is 2.94. The van der Waals surface area contributed by atoms with Crippen molar-refractivity contribution in [3.63, 3.8) is 0 Å². The van der Waals surface area contributed by atoms with E-state index in [0.29, 0.717) is 12.5 Å². The highest BCUT2D eigenvalue weighted by atomic mass is 19.1. The van der Waals surface area contributed by atoms with Crippen molar-refractivity contribution in [3.05, 3.63) is 65.5 Å². The molecule has 0 bridgehead atoms. The second kappa shape index (κ2) is 7.57. The van der Waals surface area contributed by atoms with Gasteiger partial charge in [0.2, 0.25) is 0 Å². The minimum atomic E-state index is -0.234. The van der Waals surface area contributed by atoms with Gasteiger partial charge >= 0.3 is 0 Å². The van der Waals surface area contributed by atoms with Gasteiger partial charge in [0.1, 0.15) is 18.2 Å². The molecule has 1 aliphatic heterocycles. The lowest BCUT2D eigenvalue weighted by Gasteiger charge is -2.16. The first-order chi connectivity index (χ1) is 11.2. The van der Waals surface area contributed by atoms with Crippen LogP contribution in [0.5, 0.6) is 5.75 Å². The van der Waals surface area contributed by atoms with Crippen molar-refractivity contribution in [2.75, 3.05) is 19.7 Å². The summed E-state index contributed by atoms with van der Waals surface area (Å²) in [6.45, 7) is 3.57. The highest BCUT2D eigenvalue weighted by molar-refractivity contribution is 5.29. The first-order valence-corrected chi connectivity index (χ1v) is 8.02. The summed E-state index contributed by atoms with van der Waals surface area (Å²) in [6.07, 6.45) is 1.07. The predicted octanol–water partition coefficient (Wildman–Crippen LogP) is 3.22. The summed E-state index contributed by atoms with van der Waals surface area (Å²) in [5, 5.41) is 9.22. The number of halogens is 1. The Morgan fingerprint density at radius 3 is 2.70 bits per heavy atom. The van der Waals surface area contributed by atoms with Crippen LogP contribution in [-0.2, 0) is 13.2 Å². The molecule has 0 radical (unpaired) electrons. The Balaban J connectivity index is 1.56. The Labute approximate surface area is 136 Å². The molecule has 0 spiro atoms. The third-order valence-electron chi connectivity index (χ3n) is 4.25. The van der Waals surface area contributed by atoms with Gasteiger partial charge in [-0.25, -0.2) is 4.39 Å². The highest BCUT2D eigenvalue weighted by Gasteiger charge is 2.21. The molecule has 1 atom stereocenters. The second-order valence-electron chi connectivity index (χ2n) is 6.13. The first kappa shape index (κ1) is 16.0. The zero-order chi connectivity index (χ0) is 16.1. The molecule has 1 heterocycles. The number of aliphatic hydroxyl groups excluding tert-OH is 1. The molecule has 1 aliphatic rings. The quantitative estimate of drug-likeness (QED) is 0.888. The van der Waals surface area contributed by atoms with Crippen molar-refractivity contribution in [2.45, 2.75) is 19.6 Å². The van der Waals surface area contributed by atoms with Crippen LogP contribution in [0.15, 0.2) is 48.5 Å². The van der Waals surface area contributed by atoms with E-state index in [1.165, 1.54) is 17.7 Å². The molecule has 2 aromatic rings. The van der Waals surface area contributed by atoms with Gasteiger partial charge in [-0.2, -0.15) is 0 Å². The second-order valence-corrected chi connectivity index (χ2v) is 6.13. The van der Waals surface area contributed by atoms with Crippen LogP contribution < -0.4 is 4.74 Å². The summed E-state index contributed by atoms with van der Waals surface area (Å²) in [6, 6.07) is 14.4. The first-order valence-electron chi connectivity index (χ1n) is 8.02. The normalized spacial score (nSPS) is 18.3. The van der Waals surface area contributed by atoms with Crippen molar-refractivity contribution in [1.82, 2.24) is 4.90 Å². The predicted molar refractivity (Wildman–Crippen MR) is 87.6 cm³/mol. The Kier molecular flexibility index (Phi) is 5.26. The van der Waals surface area contributed by atoms with E-state index in [2.05, 4.69) is 17.0 Å². The molecule has 23 heavy (non-hydrogen) atoms. The van der Waals surface area contributed by atoms with Gasteiger partial charge in [-0.15, -0.1) is 0 Å². The monoisotopic (exact) mass is 315 g/mol. The largest absolute Gasteiger partial charge is 0.489 e. The summed E-state index contributed by atoms with van der Waals surface area (Å²) in [5.74, 6) is 1.00. The average molecular weight is 315 g/mol. The van der Waals surface area contributed by atoms with E-state index in [1.54, 1.807) is 12.1 Å². The molecule has 0 aromatic heterocycles. The fourth-order valence-corrected chi connectivity index (χ4v) is 2.94. The van der Waals surface area contributed by atoms with Gasteiger partial charge in [-0.3, -0.25) is 4.90 Å². The number of hydrogen-bond donors (Lipinski definition) is 1. The number of benzene rings is 2.